The number of benzene rings is 1. The van der Waals surface area contributed by atoms with Crippen LogP contribution >= 0.6 is 11.3 Å². The zero-order valence-electron chi connectivity index (χ0n) is 13.5. The fraction of sp³-hybridized carbons (Fsp3) is 0.375. The lowest BCUT2D eigenvalue weighted by atomic mass is 10.2. The molecule has 23 heavy (non-hydrogen) atoms. The molecule has 1 atom stereocenters. The largest absolute Gasteiger partial charge is 0.325 e. The van der Waals surface area contributed by atoms with Crippen molar-refractivity contribution in [3.05, 3.63) is 45.9 Å². The molecule has 0 saturated heterocycles. The number of carbonyl (C=O) groups excluding carboxylic acids is 1. The summed E-state index contributed by atoms with van der Waals surface area (Å²) in [5.41, 5.74) is 7.46. The summed E-state index contributed by atoms with van der Waals surface area (Å²) in [6, 6.07) is 7.40. The number of nitrogens with one attached hydrogen (secondary N) is 1. The van der Waals surface area contributed by atoms with Gasteiger partial charge in [-0.1, -0.05) is 12.1 Å². The van der Waals surface area contributed by atoms with Crippen LogP contribution in [0.15, 0.2) is 29.6 Å². The Morgan fingerprint density at radius 3 is 2.74 bits per heavy atom. The van der Waals surface area contributed by atoms with Crippen molar-refractivity contribution in [2.75, 3.05) is 5.32 Å². The lowest BCUT2D eigenvalue weighted by Gasteiger charge is -2.17. The van der Waals surface area contributed by atoms with Crippen LogP contribution in [-0.2, 0) is 23.1 Å². The van der Waals surface area contributed by atoms with Crippen LogP contribution < -0.4 is 11.1 Å². The van der Waals surface area contributed by atoms with Gasteiger partial charge in [-0.15, -0.1) is 11.3 Å². The van der Waals surface area contributed by atoms with Gasteiger partial charge in [0.05, 0.1) is 0 Å². The first-order chi connectivity index (χ1) is 10.8. The van der Waals surface area contributed by atoms with Crippen molar-refractivity contribution >= 4 is 33.7 Å². The molecule has 2 aromatic rings. The highest BCUT2D eigenvalue weighted by Gasteiger charge is 2.19. The third-order valence-electron chi connectivity index (χ3n) is 3.12. The Morgan fingerprint density at radius 2 is 2.13 bits per heavy atom. The van der Waals surface area contributed by atoms with Gasteiger partial charge in [0.25, 0.3) is 5.91 Å². The van der Waals surface area contributed by atoms with E-state index in [1.165, 1.54) is 11.3 Å². The maximum Gasteiger partial charge on any atom is 0.275 e. The van der Waals surface area contributed by atoms with Gasteiger partial charge in [-0.05, 0) is 38.5 Å². The Morgan fingerprint density at radius 1 is 1.39 bits per heavy atom. The first-order valence-corrected chi connectivity index (χ1v) is 9.42. The van der Waals surface area contributed by atoms with Crippen LogP contribution in [0.5, 0.6) is 0 Å². The summed E-state index contributed by atoms with van der Waals surface area (Å²) in [5, 5.41) is 5.23. The lowest BCUT2D eigenvalue weighted by molar-refractivity contribution is 0.102. The Bertz CT molecular complexity index is 720. The summed E-state index contributed by atoms with van der Waals surface area (Å²) in [4.78, 5) is 16.3. The summed E-state index contributed by atoms with van der Waals surface area (Å²) in [6.07, 6.45) is 0. The van der Waals surface area contributed by atoms with E-state index in [1.54, 1.807) is 11.4 Å². The number of hydrogen-bond acceptors (Lipinski definition) is 5. The molecule has 1 amide bonds. The maximum absolute atomic E-state index is 12.2. The predicted molar refractivity (Wildman–Crippen MR) is 96.0 cm³/mol. The number of aromatic nitrogens is 1. The zero-order valence-corrected chi connectivity index (χ0v) is 15.1. The fourth-order valence-electron chi connectivity index (χ4n) is 1.81. The minimum absolute atomic E-state index is 0.265. The van der Waals surface area contributed by atoms with Crippen LogP contribution in [0.4, 0.5) is 5.69 Å². The van der Waals surface area contributed by atoms with Gasteiger partial charge in [0.15, 0.2) is 0 Å². The molecule has 2 rings (SSSR count). The molecule has 1 unspecified atom stereocenters. The van der Waals surface area contributed by atoms with Gasteiger partial charge in [-0.25, -0.2) is 4.98 Å². The number of carbonyl (C=O) groups is 1. The highest BCUT2D eigenvalue weighted by Crippen LogP contribution is 2.19. The Hall–Kier alpha value is -1.57. The number of nitrogens with zero attached hydrogens (tertiary/aromatic N) is 1. The smallest absolute Gasteiger partial charge is 0.275 e. The fourth-order valence-corrected chi connectivity index (χ4v) is 3.38. The minimum atomic E-state index is -0.980. The average molecular weight is 351 g/mol. The van der Waals surface area contributed by atoms with Crippen molar-refractivity contribution in [2.45, 2.75) is 37.8 Å². The van der Waals surface area contributed by atoms with E-state index in [9.17, 15) is 9.00 Å². The first kappa shape index (κ1) is 17.8. The molecule has 0 saturated carbocycles. The van der Waals surface area contributed by atoms with Crippen molar-refractivity contribution in [3.63, 3.8) is 0 Å². The van der Waals surface area contributed by atoms with Crippen molar-refractivity contribution in [3.8, 4) is 0 Å². The van der Waals surface area contributed by atoms with Crippen molar-refractivity contribution < 1.29 is 9.00 Å². The van der Waals surface area contributed by atoms with Crippen molar-refractivity contribution in [2.24, 2.45) is 5.73 Å². The van der Waals surface area contributed by atoms with Gasteiger partial charge >= 0.3 is 0 Å². The van der Waals surface area contributed by atoms with Crippen LogP contribution in [0.25, 0.3) is 0 Å². The van der Waals surface area contributed by atoms with E-state index < -0.39 is 10.8 Å². The molecule has 1 aromatic heterocycles. The standard InChI is InChI=1S/C16H21N3O2S2/c1-16(2,3)23(21)10-11-5-4-6-12(7-11)18-15(20)13-9-22-14(8-17)19-13/h4-7,9H,8,10,17H2,1-3H3,(H,18,20). The molecule has 5 nitrogen and oxygen atoms in total. The third kappa shape index (κ3) is 4.95. The minimum Gasteiger partial charge on any atom is -0.325 e. The average Bonchev–Trinajstić information content (AvgIpc) is 2.95. The molecule has 7 heteroatoms. The van der Waals surface area contributed by atoms with Crippen LogP contribution in [-0.4, -0.2) is 19.8 Å². The number of thiazole rings is 1. The van der Waals surface area contributed by atoms with Gasteiger partial charge in [-0.3, -0.25) is 9.00 Å². The van der Waals surface area contributed by atoms with E-state index in [2.05, 4.69) is 10.3 Å². The molecule has 0 aliphatic rings. The van der Waals surface area contributed by atoms with E-state index in [0.29, 0.717) is 23.7 Å². The van der Waals surface area contributed by atoms with Gasteiger partial charge < -0.3 is 11.1 Å². The van der Waals surface area contributed by atoms with E-state index >= 15 is 0 Å². The van der Waals surface area contributed by atoms with Crippen LogP contribution in [0.3, 0.4) is 0 Å². The van der Waals surface area contributed by atoms with E-state index in [4.69, 9.17) is 5.73 Å². The number of anilines is 1. The third-order valence-corrected chi connectivity index (χ3v) is 5.96. The second-order valence-corrected chi connectivity index (χ2v) is 9.23. The summed E-state index contributed by atoms with van der Waals surface area (Å²) in [7, 11) is -0.980. The van der Waals surface area contributed by atoms with Gasteiger partial charge in [0.1, 0.15) is 10.7 Å². The second kappa shape index (κ2) is 7.33. The molecule has 1 heterocycles. The highest BCUT2D eigenvalue weighted by atomic mass is 32.2. The molecule has 0 spiro atoms. The number of nitrogens with two attached hydrogens (primary N) is 1. The number of rotatable bonds is 5. The maximum atomic E-state index is 12.2. The first-order valence-electron chi connectivity index (χ1n) is 7.23. The van der Waals surface area contributed by atoms with E-state index in [-0.39, 0.29) is 10.7 Å². The normalized spacial score (nSPS) is 12.9. The predicted octanol–water partition coefficient (Wildman–Crippen LogP) is 2.90. The van der Waals surface area contributed by atoms with Gasteiger partial charge in [0, 0.05) is 38.9 Å². The molecule has 3 N–H and O–H groups in total. The van der Waals surface area contributed by atoms with Crippen LogP contribution in [0.1, 0.15) is 41.8 Å². The topological polar surface area (TPSA) is 85.1 Å². The Labute approximate surface area is 142 Å². The van der Waals surface area contributed by atoms with E-state index in [0.717, 1.165) is 10.6 Å². The second-order valence-electron chi connectivity index (χ2n) is 6.09. The molecular weight excluding hydrogens is 330 g/mol. The molecule has 1 aromatic carbocycles. The van der Waals surface area contributed by atoms with E-state index in [1.807, 2.05) is 39.0 Å². The van der Waals surface area contributed by atoms with Gasteiger partial charge in [0.2, 0.25) is 0 Å². The summed E-state index contributed by atoms with van der Waals surface area (Å²) >= 11 is 1.37. The molecule has 0 fully saturated rings. The summed E-state index contributed by atoms with van der Waals surface area (Å²) in [6.45, 7) is 6.18. The molecule has 124 valence electrons. The number of amides is 1. The van der Waals surface area contributed by atoms with Crippen LogP contribution in [0.2, 0.25) is 0 Å². The zero-order chi connectivity index (χ0) is 17.0. The van der Waals surface area contributed by atoms with Crippen LogP contribution in [0, 0.1) is 0 Å². The summed E-state index contributed by atoms with van der Waals surface area (Å²) in [5.74, 6) is 0.191. The quantitative estimate of drug-likeness (QED) is 0.867. The Kier molecular flexibility index (Phi) is 5.67. The van der Waals surface area contributed by atoms with Crippen molar-refractivity contribution in [1.82, 2.24) is 4.98 Å². The SMILES string of the molecule is CC(C)(C)S(=O)Cc1cccc(NC(=O)c2csc(CN)n2)c1. The highest BCUT2D eigenvalue weighted by molar-refractivity contribution is 7.85. The molecule has 0 aliphatic carbocycles. The monoisotopic (exact) mass is 351 g/mol. The molecule has 0 aliphatic heterocycles. The van der Waals surface area contributed by atoms with Gasteiger partial charge in [-0.2, -0.15) is 0 Å². The Balaban J connectivity index is 2.08. The molecule has 0 bridgehead atoms. The number of hydrogen-bond donors (Lipinski definition) is 2. The summed E-state index contributed by atoms with van der Waals surface area (Å²) < 4.78 is 12.0. The lowest BCUT2D eigenvalue weighted by Crippen LogP contribution is -2.23. The van der Waals surface area contributed by atoms with Crippen molar-refractivity contribution in [1.29, 1.82) is 0 Å². The molecular formula is C16H21N3O2S2. The molecule has 0 radical (unpaired) electrons.